The van der Waals surface area contributed by atoms with Gasteiger partial charge in [0.05, 0.1) is 10.5 Å². The first-order valence-corrected chi connectivity index (χ1v) is 8.04. The number of rotatable bonds is 5. The summed E-state index contributed by atoms with van der Waals surface area (Å²) >= 11 is 0. The third-order valence-electron chi connectivity index (χ3n) is 4.05. The second kappa shape index (κ2) is 7.31. The van der Waals surface area contributed by atoms with E-state index in [1.54, 1.807) is 6.20 Å². The molecule has 0 aliphatic carbocycles. The number of aromatic nitrogens is 2. The number of anilines is 3. The molecule has 1 fully saturated rings. The number of carbonyl (C=O) groups is 1. The Kier molecular flexibility index (Phi) is 4.94. The molecule has 1 aromatic carbocycles. The van der Waals surface area contributed by atoms with Crippen molar-refractivity contribution in [3.8, 4) is 0 Å². The Balaban J connectivity index is 1.91. The lowest BCUT2D eigenvalue weighted by molar-refractivity contribution is -0.383. The molecule has 0 radical (unpaired) electrons. The summed E-state index contributed by atoms with van der Waals surface area (Å²) in [5.41, 5.74) is 0.537. The largest absolute Gasteiger partial charge is 0.478 e. The number of nitro groups is 1. The Bertz CT molecular complexity index is 851. The maximum atomic E-state index is 11.3. The monoisotopic (exact) mass is 358 g/mol. The molecular formula is C16H18N6O4. The zero-order valence-corrected chi connectivity index (χ0v) is 14.1. The van der Waals surface area contributed by atoms with E-state index in [-0.39, 0.29) is 22.9 Å². The van der Waals surface area contributed by atoms with Crippen LogP contribution in [-0.4, -0.2) is 52.1 Å². The van der Waals surface area contributed by atoms with Gasteiger partial charge in [-0.05, 0) is 19.1 Å². The van der Waals surface area contributed by atoms with Crippen LogP contribution < -0.4 is 15.5 Å². The Morgan fingerprint density at radius 2 is 2.12 bits per heavy atom. The molecule has 2 heterocycles. The van der Waals surface area contributed by atoms with Crippen LogP contribution in [-0.2, 0) is 0 Å². The average molecular weight is 358 g/mol. The Hall–Kier alpha value is -3.27. The second-order valence-corrected chi connectivity index (χ2v) is 5.86. The standard InChI is InChI=1S/C16H18N6O4/c1-10-9-18-16(20-14(10)21-6-4-17-5-7-21)19-12-3-2-11(15(23)24)8-13(12)22(25)26/h2-3,8-9,17H,4-7H2,1H3,(H,23,24)(H,18,19,20). The van der Waals surface area contributed by atoms with Crippen LogP contribution in [0.3, 0.4) is 0 Å². The van der Waals surface area contributed by atoms with E-state index in [0.29, 0.717) is 0 Å². The van der Waals surface area contributed by atoms with Crippen LogP contribution in [0.4, 0.5) is 23.1 Å². The van der Waals surface area contributed by atoms with Crippen molar-refractivity contribution in [3.63, 3.8) is 0 Å². The number of carboxylic acids is 1. The number of piperazine rings is 1. The molecule has 0 bridgehead atoms. The van der Waals surface area contributed by atoms with Gasteiger partial charge in [0.25, 0.3) is 5.69 Å². The summed E-state index contributed by atoms with van der Waals surface area (Å²) in [6, 6.07) is 3.65. The van der Waals surface area contributed by atoms with Crippen LogP contribution in [0.25, 0.3) is 0 Å². The Labute approximate surface area is 149 Å². The van der Waals surface area contributed by atoms with Crippen LogP contribution in [0.15, 0.2) is 24.4 Å². The van der Waals surface area contributed by atoms with E-state index in [1.807, 2.05) is 6.92 Å². The van der Waals surface area contributed by atoms with Crippen LogP contribution in [0.5, 0.6) is 0 Å². The summed E-state index contributed by atoms with van der Waals surface area (Å²) in [5, 5.41) is 26.4. The lowest BCUT2D eigenvalue weighted by Crippen LogP contribution is -2.44. The third kappa shape index (κ3) is 3.70. The molecule has 3 N–H and O–H groups in total. The van der Waals surface area contributed by atoms with Gasteiger partial charge in [-0.3, -0.25) is 10.1 Å². The van der Waals surface area contributed by atoms with Crippen molar-refractivity contribution >= 4 is 29.1 Å². The molecule has 10 heteroatoms. The van der Waals surface area contributed by atoms with E-state index < -0.39 is 10.9 Å². The zero-order valence-electron chi connectivity index (χ0n) is 14.1. The summed E-state index contributed by atoms with van der Waals surface area (Å²) in [7, 11) is 0. The summed E-state index contributed by atoms with van der Waals surface area (Å²) in [6.45, 7) is 5.24. The van der Waals surface area contributed by atoms with Gasteiger partial charge in [0.2, 0.25) is 5.95 Å². The zero-order chi connectivity index (χ0) is 18.7. The molecule has 1 aliphatic rings. The molecule has 1 aliphatic heterocycles. The quantitative estimate of drug-likeness (QED) is 0.537. The minimum Gasteiger partial charge on any atom is -0.478 e. The van der Waals surface area contributed by atoms with Gasteiger partial charge in [0.1, 0.15) is 11.5 Å². The molecule has 0 atom stereocenters. The Morgan fingerprint density at radius 1 is 1.38 bits per heavy atom. The van der Waals surface area contributed by atoms with Crippen LogP contribution in [0.1, 0.15) is 15.9 Å². The molecule has 1 saturated heterocycles. The number of aryl methyl sites for hydroxylation is 1. The highest BCUT2D eigenvalue weighted by molar-refractivity contribution is 5.90. The van der Waals surface area contributed by atoms with Gasteiger partial charge in [-0.25, -0.2) is 9.78 Å². The van der Waals surface area contributed by atoms with E-state index in [9.17, 15) is 14.9 Å². The van der Waals surface area contributed by atoms with Gasteiger partial charge in [-0.2, -0.15) is 4.98 Å². The highest BCUT2D eigenvalue weighted by atomic mass is 16.6. The number of hydrogen-bond acceptors (Lipinski definition) is 8. The second-order valence-electron chi connectivity index (χ2n) is 5.86. The highest BCUT2D eigenvalue weighted by Gasteiger charge is 2.20. The van der Waals surface area contributed by atoms with E-state index in [4.69, 9.17) is 5.11 Å². The topological polar surface area (TPSA) is 134 Å². The van der Waals surface area contributed by atoms with Crippen molar-refractivity contribution in [3.05, 3.63) is 45.6 Å². The smallest absolute Gasteiger partial charge is 0.335 e. The predicted molar refractivity (Wildman–Crippen MR) is 95.2 cm³/mol. The molecule has 0 amide bonds. The summed E-state index contributed by atoms with van der Waals surface area (Å²) in [6.07, 6.45) is 1.66. The third-order valence-corrected chi connectivity index (χ3v) is 4.05. The number of nitro benzene ring substituents is 1. The van der Waals surface area contributed by atoms with Gasteiger partial charge in [0.15, 0.2) is 0 Å². The molecule has 26 heavy (non-hydrogen) atoms. The minimum atomic E-state index is -1.23. The van der Waals surface area contributed by atoms with Gasteiger partial charge in [-0.15, -0.1) is 0 Å². The fraction of sp³-hybridized carbons (Fsp3) is 0.312. The number of hydrogen-bond donors (Lipinski definition) is 3. The molecular weight excluding hydrogens is 340 g/mol. The molecule has 2 aromatic rings. The number of nitrogens with one attached hydrogen (secondary N) is 2. The molecule has 3 rings (SSSR count). The normalized spacial score (nSPS) is 14.1. The summed E-state index contributed by atoms with van der Waals surface area (Å²) in [5.74, 6) is -0.239. The van der Waals surface area contributed by atoms with Crippen molar-refractivity contribution in [1.29, 1.82) is 0 Å². The lowest BCUT2D eigenvalue weighted by atomic mass is 10.1. The Morgan fingerprint density at radius 3 is 2.77 bits per heavy atom. The molecule has 136 valence electrons. The molecule has 0 saturated carbocycles. The minimum absolute atomic E-state index is 0.134. The van der Waals surface area contributed by atoms with Crippen LogP contribution in [0, 0.1) is 17.0 Å². The van der Waals surface area contributed by atoms with Crippen molar-refractivity contribution in [2.75, 3.05) is 36.4 Å². The van der Waals surface area contributed by atoms with Gasteiger partial charge in [0, 0.05) is 44.0 Å². The lowest BCUT2D eigenvalue weighted by Gasteiger charge is -2.29. The highest BCUT2D eigenvalue weighted by Crippen LogP contribution is 2.28. The van der Waals surface area contributed by atoms with Crippen molar-refractivity contribution in [2.24, 2.45) is 0 Å². The fourth-order valence-electron chi connectivity index (χ4n) is 2.73. The van der Waals surface area contributed by atoms with E-state index in [0.717, 1.165) is 43.6 Å². The van der Waals surface area contributed by atoms with Crippen LogP contribution in [0.2, 0.25) is 0 Å². The van der Waals surface area contributed by atoms with Crippen molar-refractivity contribution in [1.82, 2.24) is 15.3 Å². The van der Waals surface area contributed by atoms with Gasteiger partial charge in [-0.1, -0.05) is 0 Å². The maximum absolute atomic E-state index is 11.3. The molecule has 0 spiro atoms. The molecule has 10 nitrogen and oxygen atoms in total. The summed E-state index contributed by atoms with van der Waals surface area (Å²) in [4.78, 5) is 32.5. The first-order chi connectivity index (χ1) is 12.5. The number of carboxylic acid groups (broad SMARTS) is 1. The van der Waals surface area contributed by atoms with E-state index in [2.05, 4.69) is 25.5 Å². The predicted octanol–water partition coefficient (Wildman–Crippen LogP) is 1.54. The fourth-order valence-corrected chi connectivity index (χ4v) is 2.73. The SMILES string of the molecule is Cc1cnc(Nc2ccc(C(=O)O)cc2[N+](=O)[O-])nc1N1CCNCC1. The number of benzene rings is 1. The first-order valence-electron chi connectivity index (χ1n) is 8.04. The molecule has 1 aromatic heterocycles. The van der Waals surface area contributed by atoms with E-state index in [1.165, 1.54) is 12.1 Å². The first kappa shape index (κ1) is 17.5. The number of aromatic carboxylic acids is 1. The van der Waals surface area contributed by atoms with Gasteiger partial charge >= 0.3 is 5.97 Å². The van der Waals surface area contributed by atoms with Crippen LogP contribution >= 0.6 is 0 Å². The number of nitrogens with zero attached hydrogens (tertiary/aromatic N) is 4. The van der Waals surface area contributed by atoms with Crippen molar-refractivity contribution < 1.29 is 14.8 Å². The molecule has 0 unspecified atom stereocenters. The summed E-state index contributed by atoms with van der Waals surface area (Å²) < 4.78 is 0. The van der Waals surface area contributed by atoms with Gasteiger partial charge < -0.3 is 20.6 Å². The average Bonchev–Trinajstić information content (AvgIpc) is 2.64. The van der Waals surface area contributed by atoms with E-state index >= 15 is 0 Å². The van der Waals surface area contributed by atoms with Crippen molar-refractivity contribution in [2.45, 2.75) is 6.92 Å². The maximum Gasteiger partial charge on any atom is 0.335 e.